The van der Waals surface area contributed by atoms with Crippen molar-refractivity contribution in [1.29, 1.82) is 0 Å². The van der Waals surface area contributed by atoms with Crippen molar-refractivity contribution in [2.45, 2.75) is 19.9 Å². The van der Waals surface area contributed by atoms with Crippen LogP contribution in [-0.2, 0) is 4.79 Å². The summed E-state index contributed by atoms with van der Waals surface area (Å²) in [5, 5.41) is 0. The van der Waals surface area contributed by atoms with Crippen LogP contribution in [0.15, 0.2) is 18.2 Å². The zero-order chi connectivity index (χ0) is 11.4. The molecule has 0 aromatic heterocycles. The third kappa shape index (κ3) is 2.76. The van der Waals surface area contributed by atoms with E-state index in [9.17, 15) is 9.18 Å². The number of carbonyl (C=O) groups is 1. The number of hydrogen-bond donors (Lipinski definition) is 1. The molecule has 4 heteroatoms. The van der Waals surface area contributed by atoms with E-state index in [1.165, 1.54) is 19.1 Å². The van der Waals surface area contributed by atoms with E-state index in [0.29, 0.717) is 12.2 Å². The lowest BCUT2D eigenvalue weighted by Crippen LogP contribution is -2.18. The maximum absolute atomic E-state index is 13.4. The Kier molecular flexibility index (Phi) is 3.80. The SMILES string of the molecule is CCOc1ccc(C(N)C(C)=O)cc1F. The molecule has 0 aliphatic rings. The monoisotopic (exact) mass is 211 g/mol. The second kappa shape index (κ2) is 4.89. The van der Waals surface area contributed by atoms with Crippen LogP contribution in [0.3, 0.4) is 0 Å². The molecule has 1 rings (SSSR count). The normalized spacial score (nSPS) is 12.3. The van der Waals surface area contributed by atoms with Gasteiger partial charge in [0, 0.05) is 0 Å². The molecule has 0 fully saturated rings. The summed E-state index contributed by atoms with van der Waals surface area (Å²) in [4.78, 5) is 11.0. The molecule has 2 N–H and O–H groups in total. The zero-order valence-electron chi connectivity index (χ0n) is 8.79. The average Bonchev–Trinajstić information content (AvgIpc) is 2.20. The summed E-state index contributed by atoms with van der Waals surface area (Å²) in [6, 6.07) is 3.55. The Hall–Kier alpha value is -1.42. The molecular weight excluding hydrogens is 197 g/mol. The minimum Gasteiger partial charge on any atom is -0.491 e. The van der Waals surface area contributed by atoms with Crippen molar-refractivity contribution in [2.24, 2.45) is 5.73 Å². The van der Waals surface area contributed by atoms with Crippen molar-refractivity contribution >= 4 is 5.78 Å². The molecule has 15 heavy (non-hydrogen) atoms. The van der Waals surface area contributed by atoms with Gasteiger partial charge in [0.05, 0.1) is 12.6 Å². The number of nitrogens with two attached hydrogens (primary N) is 1. The van der Waals surface area contributed by atoms with Gasteiger partial charge < -0.3 is 10.5 Å². The van der Waals surface area contributed by atoms with E-state index in [0.717, 1.165) is 0 Å². The van der Waals surface area contributed by atoms with Gasteiger partial charge in [-0.25, -0.2) is 4.39 Å². The summed E-state index contributed by atoms with van der Waals surface area (Å²) in [7, 11) is 0. The molecule has 82 valence electrons. The summed E-state index contributed by atoms with van der Waals surface area (Å²) in [6.45, 7) is 3.54. The molecule has 0 amide bonds. The smallest absolute Gasteiger partial charge is 0.165 e. The fourth-order valence-electron chi connectivity index (χ4n) is 1.22. The number of halogens is 1. The third-order valence-electron chi connectivity index (χ3n) is 2.05. The van der Waals surface area contributed by atoms with Gasteiger partial charge in [0.15, 0.2) is 17.3 Å². The summed E-state index contributed by atoms with van der Waals surface area (Å²) in [6.07, 6.45) is 0. The van der Waals surface area contributed by atoms with Crippen molar-refractivity contribution in [3.63, 3.8) is 0 Å². The Bertz CT molecular complexity index is 366. The average molecular weight is 211 g/mol. The second-order valence-corrected chi connectivity index (χ2v) is 3.21. The Balaban J connectivity index is 2.95. The van der Waals surface area contributed by atoms with Crippen molar-refractivity contribution in [2.75, 3.05) is 6.61 Å². The first kappa shape index (κ1) is 11.7. The Morgan fingerprint density at radius 2 is 2.27 bits per heavy atom. The second-order valence-electron chi connectivity index (χ2n) is 3.21. The first-order valence-electron chi connectivity index (χ1n) is 4.74. The first-order valence-corrected chi connectivity index (χ1v) is 4.74. The standard InChI is InChI=1S/C11H14FNO2/c1-3-15-10-5-4-8(6-9(10)12)11(13)7(2)14/h4-6,11H,3,13H2,1-2H3. The predicted octanol–water partition coefficient (Wildman–Crippen LogP) is 1.81. The highest BCUT2D eigenvalue weighted by atomic mass is 19.1. The molecule has 0 saturated carbocycles. The number of ether oxygens (including phenoxy) is 1. The molecular formula is C11H14FNO2. The van der Waals surface area contributed by atoms with Gasteiger partial charge in [-0.2, -0.15) is 0 Å². The van der Waals surface area contributed by atoms with Crippen LogP contribution in [-0.4, -0.2) is 12.4 Å². The van der Waals surface area contributed by atoms with Gasteiger partial charge in [0.1, 0.15) is 0 Å². The van der Waals surface area contributed by atoms with E-state index in [-0.39, 0.29) is 11.5 Å². The van der Waals surface area contributed by atoms with Crippen LogP contribution in [0.1, 0.15) is 25.5 Å². The maximum Gasteiger partial charge on any atom is 0.165 e. The summed E-state index contributed by atoms with van der Waals surface area (Å²) in [5.74, 6) is -0.512. The largest absolute Gasteiger partial charge is 0.491 e. The van der Waals surface area contributed by atoms with Crippen molar-refractivity contribution in [3.8, 4) is 5.75 Å². The van der Waals surface area contributed by atoms with E-state index < -0.39 is 11.9 Å². The van der Waals surface area contributed by atoms with E-state index in [2.05, 4.69) is 0 Å². The Morgan fingerprint density at radius 3 is 2.73 bits per heavy atom. The van der Waals surface area contributed by atoms with Gasteiger partial charge in [-0.3, -0.25) is 4.79 Å². The molecule has 1 aromatic carbocycles. The molecule has 0 aliphatic heterocycles. The first-order chi connectivity index (χ1) is 7.06. The van der Waals surface area contributed by atoms with Gasteiger partial charge in [0.25, 0.3) is 0 Å². The number of benzene rings is 1. The minimum atomic E-state index is -0.768. The van der Waals surface area contributed by atoms with Crippen LogP contribution in [0.2, 0.25) is 0 Å². The topological polar surface area (TPSA) is 52.3 Å². The van der Waals surface area contributed by atoms with Crippen molar-refractivity contribution < 1.29 is 13.9 Å². The molecule has 1 aromatic rings. The number of rotatable bonds is 4. The third-order valence-corrected chi connectivity index (χ3v) is 2.05. The lowest BCUT2D eigenvalue weighted by molar-refractivity contribution is -0.118. The number of carbonyl (C=O) groups excluding carboxylic acids is 1. The van der Waals surface area contributed by atoms with Crippen LogP contribution in [0.25, 0.3) is 0 Å². The maximum atomic E-state index is 13.4. The highest BCUT2D eigenvalue weighted by molar-refractivity contribution is 5.82. The summed E-state index contributed by atoms with van der Waals surface area (Å²) < 4.78 is 18.4. The molecule has 0 heterocycles. The summed E-state index contributed by atoms with van der Waals surface area (Å²) >= 11 is 0. The molecule has 1 atom stereocenters. The molecule has 0 spiro atoms. The highest BCUT2D eigenvalue weighted by Gasteiger charge is 2.13. The van der Waals surface area contributed by atoms with Crippen LogP contribution < -0.4 is 10.5 Å². The predicted molar refractivity (Wildman–Crippen MR) is 55.2 cm³/mol. The van der Waals surface area contributed by atoms with Crippen LogP contribution in [0.4, 0.5) is 4.39 Å². The van der Waals surface area contributed by atoms with Gasteiger partial charge in [-0.15, -0.1) is 0 Å². The van der Waals surface area contributed by atoms with Gasteiger partial charge in [0.2, 0.25) is 0 Å². The van der Waals surface area contributed by atoms with E-state index in [1.807, 2.05) is 0 Å². The molecule has 0 saturated heterocycles. The fourth-order valence-corrected chi connectivity index (χ4v) is 1.22. The zero-order valence-corrected chi connectivity index (χ0v) is 8.79. The van der Waals surface area contributed by atoms with Crippen LogP contribution in [0.5, 0.6) is 5.75 Å². The Morgan fingerprint density at radius 1 is 1.60 bits per heavy atom. The quantitative estimate of drug-likeness (QED) is 0.826. The van der Waals surface area contributed by atoms with Gasteiger partial charge in [-0.1, -0.05) is 6.07 Å². The fraction of sp³-hybridized carbons (Fsp3) is 0.364. The van der Waals surface area contributed by atoms with Crippen molar-refractivity contribution in [1.82, 2.24) is 0 Å². The summed E-state index contributed by atoms with van der Waals surface area (Å²) in [5.41, 5.74) is 6.04. The molecule has 1 unspecified atom stereocenters. The lowest BCUT2D eigenvalue weighted by Gasteiger charge is -2.10. The van der Waals surface area contributed by atoms with Gasteiger partial charge >= 0.3 is 0 Å². The van der Waals surface area contributed by atoms with E-state index >= 15 is 0 Å². The Labute approximate surface area is 88.0 Å². The van der Waals surface area contributed by atoms with Crippen LogP contribution >= 0.6 is 0 Å². The van der Waals surface area contributed by atoms with Gasteiger partial charge in [-0.05, 0) is 31.5 Å². The van der Waals surface area contributed by atoms with E-state index in [1.54, 1.807) is 13.0 Å². The minimum absolute atomic E-state index is 0.178. The lowest BCUT2D eigenvalue weighted by atomic mass is 10.0. The number of Topliss-reactive ketones (excluding diaryl/α,β-unsaturated/α-hetero) is 1. The molecule has 0 bridgehead atoms. The number of hydrogen-bond acceptors (Lipinski definition) is 3. The molecule has 0 radical (unpaired) electrons. The van der Waals surface area contributed by atoms with E-state index in [4.69, 9.17) is 10.5 Å². The van der Waals surface area contributed by atoms with Crippen LogP contribution in [0, 0.1) is 5.82 Å². The highest BCUT2D eigenvalue weighted by Crippen LogP contribution is 2.21. The molecule has 0 aliphatic carbocycles. The number of ketones is 1. The molecule has 3 nitrogen and oxygen atoms in total. The van der Waals surface area contributed by atoms with Crippen molar-refractivity contribution in [3.05, 3.63) is 29.6 Å².